The van der Waals surface area contributed by atoms with Crippen LogP contribution in [0.15, 0.2) is 24.3 Å². The predicted molar refractivity (Wildman–Crippen MR) is 44.4 cm³/mol. The van der Waals surface area contributed by atoms with E-state index in [0.29, 0.717) is 11.3 Å². The van der Waals surface area contributed by atoms with E-state index in [1.54, 1.807) is 24.3 Å². The van der Waals surface area contributed by atoms with Crippen LogP contribution in [0.4, 0.5) is 0 Å². The van der Waals surface area contributed by atoms with Gasteiger partial charge in [0, 0.05) is 0 Å². The topological polar surface area (TPSA) is 46.5 Å². The molecule has 64 valence electrons. The maximum absolute atomic E-state index is 11.1. The van der Waals surface area contributed by atoms with E-state index in [9.17, 15) is 4.79 Å². The maximum atomic E-state index is 11.1. The van der Waals surface area contributed by atoms with Crippen molar-refractivity contribution in [2.24, 2.45) is 0 Å². The van der Waals surface area contributed by atoms with Crippen LogP contribution < -0.4 is 4.74 Å². The molecule has 0 aliphatic rings. The summed E-state index contributed by atoms with van der Waals surface area (Å²) in [7, 11) is 1.49. The van der Waals surface area contributed by atoms with Gasteiger partial charge in [0.25, 0.3) is 0 Å². The van der Waals surface area contributed by atoms with E-state index in [0.717, 1.165) is 0 Å². The Hall–Kier alpha value is -1.35. The molecule has 0 unspecified atom stereocenters. The van der Waals surface area contributed by atoms with E-state index in [-0.39, 0.29) is 5.78 Å². The molecule has 0 aliphatic carbocycles. The summed E-state index contributed by atoms with van der Waals surface area (Å²) in [5.41, 5.74) is 0.419. The maximum Gasteiger partial charge on any atom is 0.191 e. The number of para-hydroxylation sites is 1. The standard InChI is InChI=1S/C9H10O3/c1-12-9-5-3-2-4-7(9)8(11)6-10/h2-5,10H,6H2,1H3. The number of ketones is 1. The smallest absolute Gasteiger partial charge is 0.191 e. The minimum atomic E-state index is -0.486. The van der Waals surface area contributed by atoms with Gasteiger partial charge in [-0.1, -0.05) is 12.1 Å². The number of hydrogen-bond donors (Lipinski definition) is 1. The van der Waals surface area contributed by atoms with Crippen molar-refractivity contribution in [3.8, 4) is 5.75 Å². The number of methoxy groups -OCH3 is 1. The van der Waals surface area contributed by atoms with E-state index in [2.05, 4.69) is 0 Å². The van der Waals surface area contributed by atoms with Crippen molar-refractivity contribution in [1.29, 1.82) is 0 Å². The van der Waals surface area contributed by atoms with Crippen LogP contribution >= 0.6 is 0 Å². The van der Waals surface area contributed by atoms with E-state index in [4.69, 9.17) is 9.84 Å². The lowest BCUT2D eigenvalue weighted by atomic mass is 10.1. The Kier molecular flexibility index (Phi) is 2.82. The molecule has 1 N–H and O–H groups in total. The molecule has 0 aromatic heterocycles. The van der Waals surface area contributed by atoms with Gasteiger partial charge in [-0.25, -0.2) is 0 Å². The molecule has 0 spiro atoms. The van der Waals surface area contributed by atoms with Gasteiger partial charge < -0.3 is 9.84 Å². The van der Waals surface area contributed by atoms with E-state index in [1.807, 2.05) is 0 Å². The van der Waals surface area contributed by atoms with Crippen LogP contribution in [0.5, 0.6) is 5.75 Å². The third-order valence-corrected chi connectivity index (χ3v) is 1.55. The average Bonchev–Trinajstić information content (AvgIpc) is 2.16. The zero-order chi connectivity index (χ0) is 8.97. The fourth-order valence-electron chi connectivity index (χ4n) is 0.960. The molecule has 3 nitrogen and oxygen atoms in total. The van der Waals surface area contributed by atoms with Crippen molar-refractivity contribution < 1.29 is 14.6 Å². The van der Waals surface area contributed by atoms with Crippen molar-refractivity contribution in [3.63, 3.8) is 0 Å². The fourth-order valence-corrected chi connectivity index (χ4v) is 0.960. The Morgan fingerprint density at radius 1 is 1.50 bits per heavy atom. The van der Waals surface area contributed by atoms with E-state index < -0.39 is 6.61 Å². The summed E-state index contributed by atoms with van der Waals surface area (Å²) in [6, 6.07) is 6.80. The SMILES string of the molecule is COc1ccccc1C(=O)CO. The molecule has 0 saturated heterocycles. The van der Waals surface area contributed by atoms with Crippen LogP contribution in [-0.4, -0.2) is 24.6 Å². The number of hydrogen-bond acceptors (Lipinski definition) is 3. The number of carbonyl (C=O) groups is 1. The molecule has 0 aliphatic heterocycles. The Morgan fingerprint density at radius 2 is 2.17 bits per heavy atom. The lowest BCUT2D eigenvalue weighted by molar-refractivity contribution is 0.0900. The van der Waals surface area contributed by atoms with Crippen LogP contribution in [0.25, 0.3) is 0 Å². The van der Waals surface area contributed by atoms with Gasteiger partial charge in [-0.05, 0) is 12.1 Å². The largest absolute Gasteiger partial charge is 0.496 e. The summed E-state index contributed by atoms with van der Waals surface area (Å²) in [4.78, 5) is 11.1. The number of aliphatic hydroxyl groups excluding tert-OH is 1. The van der Waals surface area contributed by atoms with Gasteiger partial charge in [-0.2, -0.15) is 0 Å². The zero-order valence-corrected chi connectivity index (χ0v) is 6.78. The minimum Gasteiger partial charge on any atom is -0.496 e. The Morgan fingerprint density at radius 3 is 2.75 bits per heavy atom. The normalized spacial score (nSPS) is 9.50. The van der Waals surface area contributed by atoms with E-state index >= 15 is 0 Å². The molecule has 0 atom stereocenters. The van der Waals surface area contributed by atoms with Gasteiger partial charge >= 0.3 is 0 Å². The summed E-state index contributed by atoms with van der Waals surface area (Å²) < 4.78 is 4.94. The molecular weight excluding hydrogens is 156 g/mol. The van der Waals surface area contributed by atoms with Crippen molar-refractivity contribution in [3.05, 3.63) is 29.8 Å². The van der Waals surface area contributed by atoms with Gasteiger partial charge in [0.1, 0.15) is 12.4 Å². The molecule has 0 saturated carbocycles. The third-order valence-electron chi connectivity index (χ3n) is 1.55. The highest BCUT2D eigenvalue weighted by Crippen LogP contribution is 2.17. The lowest BCUT2D eigenvalue weighted by Gasteiger charge is -2.04. The van der Waals surface area contributed by atoms with Crippen molar-refractivity contribution in [1.82, 2.24) is 0 Å². The monoisotopic (exact) mass is 166 g/mol. The van der Waals surface area contributed by atoms with Crippen molar-refractivity contribution in [2.45, 2.75) is 0 Å². The highest BCUT2D eigenvalue weighted by Gasteiger charge is 2.08. The van der Waals surface area contributed by atoms with E-state index in [1.165, 1.54) is 7.11 Å². The summed E-state index contributed by atoms with van der Waals surface area (Å²) in [6.45, 7) is -0.486. The molecule has 0 amide bonds. The fraction of sp³-hybridized carbons (Fsp3) is 0.222. The van der Waals surface area contributed by atoms with Crippen LogP contribution in [0.1, 0.15) is 10.4 Å². The number of benzene rings is 1. The van der Waals surface area contributed by atoms with Gasteiger partial charge in [0.15, 0.2) is 5.78 Å². The minimum absolute atomic E-state index is 0.326. The Labute approximate surface area is 70.6 Å². The average molecular weight is 166 g/mol. The first-order valence-electron chi connectivity index (χ1n) is 3.56. The van der Waals surface area contributed by atoms with Crippen molar-refractivity contribution >= 4 is 5.78 Å². The quantitative estimate of drug-likeness (QED) is 0.678. The molecule has 1 aromatic rings. The molecule has 3 heteroatoms. The van der Waals surface area contributed by atoms with Gasteiger partial charge in [-0.3, -0.25) is 4.79 Å². The van der Waals surface area contributed by atoms with Gasteiger partial charge in [0.2, 0.25) is 0 Å². The Balaban J connectivity index is 3.04. The first-order valence-corrected chi connectivity index (χ1v) is 3.56. The highest BCUT2D eigenvalue weighted by molar-refractivity contribution is 5.99. The van der Waals surface area contributed by atoms with Gasteiger partial charge in [0.05, 0.1) is 12.7 Å². The zero-order valence-electron chi connectivity index (χ0n) is 6.78. The number of Topliss-reactive ketones (excluding diaryl/α,β-unsaturated/α-hetero) is 1. The second kappa shape index (κ2) is 3.88. The Bertz CT molecular complexity index is 281. The summed E-state index contributed by atoms with van der Waals surface area (Å²) >= 11 is 0. The molecule has 0 heterocycles. The molecule has 0 fully saturated rings. The number of ether oxygens (including phenoxy) is 1. The second-order valence-corrected chi connectivity index (χ2v) is 2.28. The number of rotatable bonds is 3. The van der Waals surface area contributed by atoms with Crippen LogP contribution in [-0.2, 0) is 0 Å². The first-order chi connectivity index (χ1) is 5.79. The molecular formula is C9H10O3. The molecule has 0 bridgehead atoms. The highest BCUT2D eigenvalue weighted by atomic mass is 16.5. The third kappa shape index (κ3) is 1.62. The van der Waals surface area contributed by atoms with Crippen LogP contribution in [0, 0.1) is 0 Å². The lowest BCUT2D eigenvalue weighted by Crippen LogP contribution is -2.05. The van der Waals surface area contributed by atoms with Crippen LogP contribution in [0.2, 0.25) is 0 Å². The molecule has 1 rings (SSSR count). The summed E-state index contributed by atoms with van der Waals surface area (Å²) in [6.07, 6.45) is 0. The predicted octanol–water partition coefficient (Wildman–Crippen LogP) is 0.870. The summed E-state index contributed by atoms with van der Waals surface area (Å²) in [5.74, 6) is 0.170. The first kappa shape index (κ1) is 8.74. The molecule has 0 radical (unpaired) electrons. The summed E-state index contributed by atoms with van der Waals surface area (Å²) in [5, 5.41) is 8.60. The van der Waals surface area contributed by atoms with Crippen LogP contribution in [0.3, 0.4) is 0 Å². The van der Waals surface area contributed by atoms with Gasteiger partial charge in [-0.15, -0.1) is 0 Å². The molecule has 1 aromatic carbocycles. The molecule has 12 heavy (non-hydrogen) atoms. The number of aliphatic hydroxyl groups is 1. The number of carbonyl (C=O) groups excluding carboxylic acids is 1. The second-order valence-electron chi connectivity index (χ2n) is 2.28. The van der Waals surface area contributed by atoms with Crippen molar-refractivity contribution in [2.75, 3.05) is 13.7 Å².